The first-order valence-electron chi connectivity index (χ1n) is 17.0. The molecule has 52 heavy (non-hydrogen) atoms. The maximum absolute atomic E-state index is 12.0. The number of halogens is 5. The number of hydrogen-bond donors (Lipinski definition) is 1. The normalized spacial score (nSPS) is 13.3. The molecule has 2 aliphatic carbocycles. The van der Waals surface area contributed by atoms with Gasteiger partial charge in [0.2, 0.25) is 16.4 Å². The van der Waals surface area contributed by atoms with Crippen molar-refractivity contribution in [1.29, 1.82) is 0 Å². The summed E-state index contributed by atoms with van der Waals surface area (Å²) >= 11 is 23.1. The fourth-order valence-corrected chi connectivity index (χ4v) is 5.94. The van der Waals surface area contributed by atoms with Crippen molar-refractivity contribution in [2.24, 2.45) is 11.8 Å². The molecule has 2 heterocycles. The molecule has 2 aromatic carbocycles. The van der Waals surface area contributed by atoms with Gasteiger partial charge in [0, 0.05) is 60.3 Å². The molecule has 0 radical (unpaired) electrons. The van der Waals surface area contributed by atoms with Crippen LogP contribution >= 0.6 is 66.7 Å². The van der Waals surface area contributed by atoms with E-state index in [0.29, 0.717) is 50.7 Å². The Hall–Kier alpha value is -2.67. The number of Topliss-reactive ketones (excluding diaryl/α,β-unsaturated/α-hetero) is 2. The number of ketones is 2. The van der Waals surface area contributed by atoms with Crippen molar-refractivity contribution in [2.45, 2.75) is 85.2 Å². The zero-order valence-corrected chi connectivity index (χ0v) is 35.3. The smallest absolute Gasteiger partial charge is 0.237 e. The van der Waals surface area contributed by atoms with E-state index >= 15 is 0 Å². The van der Waals surface area contributed by atoms with Crippen LogP contribution in [-0.2, 0) is 22.4 Å². The lowest BCUT2D eigenvalue weighted by molar-refractivity contribution is -0.120. The predicted molar refractivity (Wildman–Crippen MR) is 215 cm³/mol. The minimum absolute atomic E-state index is 0.111. The lowest BCUT2D eigenvalue weighted by Gasteiger charge is -2.28. The average Bonchev–Trinajstić information content (AvgIpc) is 4.01. The number of ether oxygens (including phenoxy) is 1. The van der Waals surface area contributed by atoms with E-state index in [0.717, 1.165) is 43.4 Å². The SMILES string of the molecule is CCN(C(C)C)C(C)C.Clc1ncc(Br)c(Cl)n1.O=C(Cc1ccccc1O)C1CC1.O=C(Cc1ccccc1Oc1nc(Cl)ncc1Br)C1CC1. The van der Waals surface area contributed by atoms with Gasteiger partial charge in [0.1, 0.15) is 28.2 Å². The molecule has 9 nitrogen and oxygen atoms in total. The number of aromatic hydroxyl groups is 1. The van der Waals surface area contributed by atoms with Gasteiger partial charge in [-0.15, -0.1) is 0 Å². The van der Waals surface area contributed by atoms with E-state index in [9.17, 15) is 14.7 Å². The summed E-state index contributed by atoms with van der Waals surface area (Å²) in [5.41, 5.74) is 1.61. The maximum Gasteiger partial charge on any atom is 0.237 e. The number of rotatable bonds is 11. The Bertz CT molecular complexity index is 1770. The van der Waals surface area contributed by atoms with Crippen LogP contribution in [-0.4, -0.2) is 60.1 Å². The highest BCUT2D eigenvalue weighted by Crippen LogP contribution is 2.34. The summed E-state index contributed by atoms with van der Waals surface area (Å²) in [6.07, 6.45) is 7.89. The van der Waals surface area contributed by atoms with E-state index in [-0.39, 0.29) is 39.7 Å². The molecule has 2 saturated carbocycles. The molecule has 280 valence electrons. The van der Waals surface area contributed by atoms with Gasteiger partial charge in [-0.2, -0.15) is 4.98 Å². The Morgan fingerprint density at radius 3 is 1.73 bits per heavy atom. The van der Waals surface area contributed by atoms with Gasteiger partial charge >= 0.3 is 0 Å². The van der Waals surface area contributed by atoms with Gasteiger partial charge in [0.15, 0.2) is 0 Å². The Morgan fingerprint density at radius 2 is 1.27 bits per heavy atom. The van der Waals surface area contributed by atoms with E-state index in [1.165, 1.54) is 12.4 Å². The van der Waals surface area contributed by atoms with Gasteiger partial charge in [-0.25, -0.2) is 15.0 Å². The molecule has 2 aliphatic rings. The number of carbonyl (C=O) groups excluding carboxylic acids is 2. The molecule has 1 N–H and O–H groups in total. The summed E-state index contributed by atoms with van der Waals surface area (Å²) in [4.78, 5) is 41.1. The summed E-state index contributed by atoms with van der Waals surface area (Å²) in [5, 5.41) is 10.0. The number of benzene rings is 2. The second-order valence-corrected chi connectivity index (χ2v) is 15.5. The van der Waals surface area contributed by atoms with Crippen LogP contribution in [0, 0.1) is 11.8 Å². The van der Waals surface area contributed by atoms with Crippen molar-refractivity contribution < 1.29 is 19.4 Å². The summed E-state index contributed by atoms with van der Waals surface area (Å²) in [6, 6.07) is 15.9. The van der Waals surface area contributed by atoms with E-state index in [4.69, 9.17) is 39.5 Å². The lowest BCUT2D eigenvalue weighted by Crippen LogP contribution is -2.36. The van der Waals surface area contributed by atoms with Crippen molar-refractivity contribution in [2.75, 3.05) is 6.54 Å². The van der Waals surface area contributed by atoms with Crippen LogP contribution in [0.25, 0.3) is 0 Å². The van der Waals surface area contributed by atoms with Gasteiger partial charge in [-0.05, 0) is 127 Å². The third-order valence-corrected chi connectivity index (χ3v) is 10.0. The van der Waals surface area contributed by atoms with Gasteiger partial charge in [-0.1, -0.05) is 54.9 Å². The Morgan fingerprint density at radius 1 is 0.788 bits per heavy atom. The molecular formula is C38H44Br2Cl3N5O4. The molecule has 0 amide bonds. The fourth-order valence-electron chi connectivity index (χ4n) is 5.04. The lowest BCUT2D eigenvalue weighted by atomic mass is 10.1. The second kappa shape index (κ2) is 21.9. The Kier molecular flexibility index (Phi) is 18.4. The molecule has 0 aliphatic heterocycles. The zero-order chi connectivity index (χ0) is 38.4. The van der Waals surface area contributed by atoms with Crippen LogP contribution in [0.3, 0.4) is 0 Å². The van der Waals surface area contributed by atoms with E-state index < -0.39 is 0 Å². The minimum Gasteiger partial charge on any atom is -0.508 e. The van der Waals surface area contributed by atoms with Gasteiger partial charge in [0.05, 0.1) is 8.95 Å². The average molecular weight is 901 g/mol. The molecule has 14 heteroatoms. The highest BCUT2D eigenvalue weighted by Gasteiger charge is 2.30. The highest BCUT2D eigenvalue weighted by molar-refractivity contribution is 9.10. The quantitative estimate of drug-likeness (QED) is 0.116. The summed E-state index contributed by atoms with van der Waals surface area (Å²) in [7, 11) is 0. The van der Waals surface area contributed by atoms with Crippen molar-refractivity contribution in [3.63, 3.8) is 0 Å². The first kappa shape index (κ1) is 43.7. The number of nitrogens with zero attached hydrogens (tertiary/aromatic N) is 5. The Labute approximate surface area is 338 Å². The van der Waals surface area contributed by atoms with Crippen LogP contribution in [0.1, 0.15) is 71.4 Å². The maximum atomic E-state index is 12.0. The van der Waals surface area contributed by atoms with Crippen molar-refractivity contribution >= 4 is 78.2 Å². The topological polar surface area (TPSA) is 118 Å². The number of phenolic OH excluding ortho intramolecular Hbond substituents is 1. The number of carbonyl (C=O) groups is 2. The van der Waals surface area contributed by atoms with E-state index in [1.807, 2.05) is 30.3 Å². The van der Waals surface area contributed by atoms with Crippen LogP contribution in [0.5, 0.6) is 17.4 Å². The van der Waals surface area contributed by atoms with Crippen molar-refractivity contribution in [1.82, 2.24) is 24.8 Å². The zero-order valence-electron chi connectivity index (χ0n) is 29.8. The molecule has 0 bridgehead atoms. The molecule has 0 atom stereocenters. The minimum atomic E-state index is 0.111. The molecule has 2 aromatic heterocycles. The van der Waals surface area contributed by atoms with Crippen LogP contribution in [0.2, 0.25) is 15.7 Å². The largest absolute Gasteiger partial charge is 0.508 e. The van der Waals surface area contributed by atoms with Gasteiger partial charge < -0.3 is 9.84 Å². The summed E-state index contributed by atoms with van der Waals surface area (Å²) in [6.45, 7) is 12.3. The first-order chi connectivity index (χ1) is 24.7. The van der Waals surface area contributed by atoms with E-state index in [1.54, 1.807) is 18.2 Å². The summed E-state index contributed by atoms with van der Waals surface area (Å²) in [5.74, 6) is 2.23. The molecule has 0 unspecified atom stereocenters. The third-order valence-electron chi connectivity index (χ3n) is 8.01. The second-order valence-electron chi connectivity index (χ2n) is 12.8. The molecule has 6 rings (SSSR count). The molecule has 0 spiro atoms. The number of hydrogen-bond acceptors (Lipinski definition) is 9. The van der Waals surface area contributed by atoms with Crippen molar-refractivity contribution in [3.05, 3.63) is 96.7 Å². The van der Waals surface area contributed by atoms with Crippen molar-refractivity contribution in [3.8, 4) is 17.4 Å². The number of para-hydroxylation sites is 2. The van der Waals surface area contributed by atoms with Gasteiger partial charge in [-0.3, -0.25) is 14.5 Å². The highest BCUT2D eigenvalue weighted by atomic mass is 79.9. The Balaban J connectivity index is 0.000000202. The summed E-state index contributed by atoms with van der Waals surface area (Å²) < 4.78 is 7.04. The molecule has 4 aromatic rings. The molecule has 0 saturated heterocycles. The van der Waals surface area contributed by atoms with Gasteiger partial charge in [0.25, 0.3) is 0 Å². The monoisotopic (exact) mass is 897 g/mol. The number of aromatic nitrogens is 4. The van der Waals surface area contributed by atoms with E-state index in [2.05, 4.69) is 91.3 Å². The number of phenols is 1. The van der Waals surface area contributed by atoms with Crippen LogP contribution in [0.4, 0.5) is 0 Å². The third kappa shape index (κ3) is 15.4. The first-order valence-corrected chi connectivity index (χ1v) is 19.8. The predicted octanol–water partition coefficient (Wildman–Crippen LogP) is 10.8. The standard InChI is InChI=1S/C15H12BrClN2O2.C11H12O2.C8H19N.C4HBrCl2N2/c16-11-8-18-15(17)19-14(11)21-13-4-2-1-3-10(13)7-12(20)9-5-6-9;12-10-4-2-1-3-9(10)7-11(13)8-5-6-8;1-6-9(7(2)3)8(4)5;5-2-1-8-4(7)9-3(2)6/h1-4,8-9H,5-7H2;1-4,8,12H,5-7H2;7-8H,6H2,1-5H3;1H. The molecule has 2 fully saturated rings. The van der Waals surface area contributed by atoms with Crippen LogP contribution < -0.4 is 4.74 Å². The fraction of sp³-hybridized carbons (Fsp3) is 0.421. The van der Waals surface area contributed by atoms with Crippen LogP contribution in [0.15, 0.2) is 69.9 Å². The molecular weight excluding hydrogens is 857 g/mol.